The third-order valence-electron chi connectivity index (χ3n) is 3.68. The number of nitrogens with zero attached hydrogens (tertiary/aromatic N) is 3. The van der Waals surface area contributed by atoms with Crippen molar-refractivity contribution in [2.24, 2.45) is 12.5 Å². The van der Waals surface area contributed by atoms with Gasteiger partial charge in [-0.05, 0) is 18.3 Å². The Bertz CT molecular complexity index is 463. The van der Waals surface area contributed by atoms with Gasteiger partial charge in [0.15, 0.2) is 0 Å². The van der Waals surface area contributed by atoms with E-state index >= 15 is 0 Å². The van der Waals surface area contributed by atoms with E-state index in [-0.39, 0.29) is 23.8 Å². The molecule has 102 valence electrons. The molecule has 6 heteroatoms. The lowest BCUT2D eigenvalue weighted by molar-refractivity contribution is 0.0245. The number of likely N-dealkylation sites (tertiary alicyclic amines) is 1. The molecule has 0 bridgehead atoms. The molecule has 0 aromatic carbocycles. The van der Waals surface area contributed by atoms with Gasteiger partial charge in [-0.15, -0.1) is 0 Å². The van der Waals surface area contributed by atoms with Crippen LogP contribution in [0.4, 0.5) is 0 Å². The van der Waals surface area contributed by atoms with Gasteiger partial charge in [0.2, 0.25) is 0 Å². The standard InChI is InChI=1S/C12H22N4O2/c1-12(2)5-4-9(7-17)16(8-12)6-10-13-11(18)15(3)14-10/h9,17H,4-8H2,1-3H3,(H,13,14,18). The molecule has 1 fully saturated rings. The highest BCUT2D eigenvalue weighted by molar-refractivity contribution is 4.90. The van der Waals surface area contributed by atoms with Crippen LogP contribution in [0, 0.1) is 5.41 Å². The second-order valence-electron chi connectivity index (χ2n) is 5.94. The Morgan fingerprint density at radius 3 is 2.83 bits per heavy atom. The molecule has 0 aliphatic carbocycles. The van der Waals surface area contributed by atoms with Crippen molar-refractivity contribution in [1.29, 1.82) is 0 Å². The van der Waals surface area contributed by atoms with Crippen LogP contribution in [0.1, 0.15) is 32.5 Å². The van der Waals surface area contributed by atoms with Gasteiger partial charge >= 0.3 is 5.69 Å². The molecule has 6 nitrogen and oxygen atoms in total. The summed E-state index contributed by atoms with van der Waals surface area (Å²) >= 11 is 0. The highest BCUT2D eigenvalue weighted by atomic mass is 16.3. The zero-order valence-corrected chi connectivity index (χ0v) is 11.3. The molecule has 1 aromatic heterocycles. The van der Waals surface area contributed by atoms with Crippen molar-refractivity contribution in [2.75, 3.05) is 13.2 Å². The molecular weight excluding hydrogens is 232 g/mol. The maximum absolute atomic E-state index is 11.3. The van der Waals surface area contributed by atoms with Crippen LogP contribution in [-0.2, 0) is 13.6 Å². The number of aryl methyl sites for hydroxylation is 1. The van der Waals surface area contributed by atoms with E-state index in [0.29, 0.717) is 12.4 Å². The average Bonchev–Trinajstić information content (AvgIpc) is 2.57. The van der Waals surface area contributed by atoms with E-state index in [4.69, 9.17) is 0 Å². The number of aliphatic hydroxyl groups is 1. The number of H-pyrrole nitrogens is 1. The number of nitrogens with one attached hydrogen (secondary N) is 1. The number of hydrogen-bond acceptors (Lipinski definition) is 4. The molecule has 1 saturated heterocycles. The zero-order chi connectivity index (χ0) is 13.3. The zero-order valence-electron chi connectivity index (χ0n) is 11.3. The van der Waals surface area contributed by atoms with Crippen molar-refractivity contribution in [3.63, 3.8) is 0 Å². The summed E-state index contributed by atoms with van der Waals surface area (Å²) < 4.78 is 1.30. The number of piperidine rings is 1. The smallest absolute Gasteiger partial charge is 0.343 e. The highest BCUT2D eigenvalue weighted by Gasteiger charge is 2.33. The van der Waals surface area contributed by atoms with Crippen LogP contribution in [0.15, 0.2) is 4.79 Å². The maximum atomic E-state index is 11.3. The predicted octanol–water partition coefficient (Wildman–Crippen LogP) is 0.0913. The fourth-order valence-electron chi connectivity index (χ4n) is 2.61. The molecule has 2 rings (SSSR count). The minimum Gasteiger partial charge on any atom is -0.395 e. The molecule has 0 radical (unpaired) electrons. The van der Waals surface area contributed by atoms with Crippen molar-refractivity contribution in [2.45, 2.75) is 39.3 Å². The van der Waals surface area contributed by atoms with Gasteiger partial charge in [-0.3, -0.25) is 9.88 Å². The maximum Gasteiger partial charge on any atom is 0.343 e. The Morgan fingerprint density at radius 1 is 1.56 bits per heavy atom. The van der Waals surface area contributed by atoms with Crippen LogP contribution in [0.5, 0.6) is 0 Å². The van der Waals surface area contributed by atoms with Crippen LogP contribution < -0.4 is 5.69 Å². The fraction of sp³-hybridized carbons (Fsp3) is 0.833. The second kappa shape index (κ2) is 4.85. The van der Waals surface area contributed by atoms with E-state index < -0.39 is 0 Å². The molecule has 1 aliphatic rings. The summed E-state index contributed by atoms with van der Waals surface area (Å²) in [6.07, 6.45) is 2.11. The number of hydrogen-bond donors (Lipinski definition) is 2. The van der Waals surface area contributed by atoms with E-state index in [1.165, 1.54) is 4.68 Å². The van der Waals surface area contributed by atoms with Crippen LogP contribution in [0.3, 0.4) is 0 Å². The Labute approximate surface area is 107 Å². The van der Waals surface area contributed by atoms with E-state index in [0.717, 1.165) is 19.4 Å². The highest BCUT2D eigenvalue weighted by Crippen LogP contribution is 2.32. The van der Waals surface area contributed by atoms with Crippen molar-refractivity contribution in [1.82, 2.24) is 19.7 Å². The topological polar surface area (TPSA) is 74.2 Å². The molecule has 2 heterocycles. The second-order valence-corrected chi connectivity index (χ2v) is 5.94. The molecule has 2 N–H and O–H groups in total. The molecule has 1 unspecified atom stereocenters. The van der Waals surface area contributed by atoms with Crippen molar-refractivity contribution >= 4 is 0 Å². The van der Waals surface area contributed by atoms with Crippen molar-refractivity contribution in [3.8, 4) is 0 Å². The first kappa shape index (κ1) is 13.3. The van der Waals surface area contributed by atoms with Gasteiger partial charge in [-0.25, -0.2) is 9.48 Å². The lowest BCUT2D eigenvalue weighted by atomic mass is 9.81. The summed E-state index contributed by atoms with van der Waals surface area (Å²) in [4.78, 5) is 16.3. The molecule has 0 saturated carbocycles. The molecule has 1 aromatic rings. The summed E-state index contributed by atoms with van der Waals surface area (Å²) in [5, 5.41) is 13.6. The number of aromatic amines is 1. The van der Waals surface area contributed by atoms with E-state index in [9.17, 15) is 9.90 Å². The first-order chi connectivity index (χ1) is 8.41. The summed E-state index contributed by atoms with van der Waals surface area (Å²) in [5.41, 5.74) is 0.0580. The van der Waals surface area contributed by atoms with Crippen LogP contribution in [0.2, 0.25) is 0 Å². The van der Waals surface area contributed by atoms with Gasteiger partial charge in [-0.2, -0.15) is 5.10 Å². The van der Waals surface area contributed by atoms with Gasteiger partial charge in [0.25, 0.3) is 0 Å². The molecule has 1 aliphatic heterocycles. The fourth-order valence-corrected chi connectivity index (χ4v) is 2.61. The lowest BCUT2D eigenvalue weighted by Crippen LogP contribution is -2.48. The van der Waals surface area contributed by atoms with Gasteiger partial charge in [0.05, 0.1) is 13.2 Å². The van der Waals surface area contributed by atoms with Gasteiger partial charge in [0, 0.05) is 19.6 Å². The normalized spacial score (nSPS) is 24.3. The summed E-state index contributed by atoms with van der Waals surface area (Å²) in [6.45, 7) is 6.12. The summed E-state index contributed by atoms with van der Waals surface area (Å²) in [6, 6.07) is 0.170. The number of aromatic nitrogens is 3. The van der Waals surface area contributed by atoms with Crippen molar-refractivity contribution < 1.29 is 5.11 Å². The molecule has 0 spiro atoms. The summed E-state index contributed by atoms with van der Waals surface area (Å²) in [7, 11) is 1.63. The quantitative estimate of drug-likeness (QED) is 0.802. The first-order valence-electron chi connectivity index (χ1n) is 6.38. The SMILES string of the molecule is Cn1nc(CN2CC(C)(C)CCC2CO)[nH]c1=O. The predicted molar refractivity (Wildman–Crippen MR) is 68.1 cm³/mol. The van der Waals surface area contributed by atoms with Crippen LogP contribution in [0.25, 0.3) is 0 Å². The third-order valence-corrected chi connectivity index (χ3v) is 3.68. The Morgan fingerprint density at radius 2 is 2.28 bits per heavy atom. The minimum absolute atomic E-state index is 0.160. The van der Waals surface area contributed by atoms with Gasteiger partial charge in [-0.1, -0.05) is 13.8 Å². The summed E-state index contributed by atoms with van der Waals surface area (Å²) in [5.74, 6) is 0.665. The Hall–Kier alpha value is -1.14. The van der Waals surface area contributed by atoms with Crippen LogP contribution in [-0.4, -0.2) is 44.0 Å². The molecule has 18 heavy (non-hydrogen) atoms. The van der Waals surface area contributed by atoms with E-state index in [2.05, 4.69) is 28.8 Å². The molecule has 0 amide bonds. The van der Waals surface area contributed by atoms with E-state index in [1.807, 2.05) is 0 Å². The lowest BCUT2D eigenvalue weighted by Gasteiger charge is -2.42. The van der Waals surface area contributed by atoms with Crippen molar-refractivity contribution in [3.05, 3.63) is 16.3 Å². The number of aliphatic hydroxyl groups excluding tert-OH is 1. The average molecular weight is 254 g/mol. The van der Waals surface area contributed by atoms with Crippen LogP contribution >= 0.6 is 0 Å². The Kier molecular flexibility index (Phi) is 3.59. The monoisotopic (exact) mass is 254 g/mol. The van der Waals surface area contributed by atoms with Gasteiger partial charge in [0.1, 0.15) is 5.82 Å². The Balaban J connectivity index is 2.11. The third kappa shape index (κ3) is 2.81. The molecular formula is C12H22N4O2. The first-order valence-corrected chi connectivity index (χ1v) is 6.38. The minimum atomic E-state index is -0.193. The molecule has 1 atom stereocenters. The van der Waals surface area contributed by atoms with Gasteiger partial charge < -0.3 is 5.11 Å². The number of rotatable bonds is 3. The van der Waals surface area contributed by atoms with E-state index in [1.54, 1.807) is 7.05 Å². The largest absolute Gasteiger partial charge is 0.395 e.